The minimum absolute atomic E-state index is 0.0573. The molecule has 1 aromatic heterocycles. The van der Waals surface area contributed by atoms with Crippen molar-refractivity contribution in [3.05, 3.63) is 44.7 Å². The number of thiazole rings is 1. The first kappa shape index (κ1) is 24.5. The van der Waals surface area contributed by atoms with E-state index in [1.165, 1.54) is 24.5 Å². The molecular formula is C23H29F3N2O3S. The smallest absolute Gasteiger partial charge is 0.416 e. The highest BCUT2D eigenvalue weighted by atomic mass is 32.1. The van der Waals surface area contributed by atoms with Gasteiger partial charge in [0.2, 0.25) is 0 Å². The van der Waals surface area contributed by atoms with Gasteiger partial charge < -0.3 is 14.0 Å². The molecule has 3 rings (SSSR count). The average Bonchev–Trinajstić information content (AvgIpc) is 3.46. The van der Waals surface area contributed by atoms with Crippen molar-refractivity contribution in [2.45, 2.75) is 58.7 Å². The number of carbonyl (C=O) groups is 1. The molecule has 1 amide bonds. The van der Waals surface area contributed by atoms with E-state index in [9.17, 15) is 18.0 Å². The maximum Gasteiger partial charge on any atom is 0.416 e. The summed E-state index contributed by atoms with van der Waals surface area (Å²) < 4.78 is 52.4. The molecule has 0 saturated heterocycles. The van der Waals surface area contributed by atoms with Crippen molar-refractivity contribution in [1.82, 2.24) is 4.57 Å². The molecule has 0 spiro atoms. The van der Waals surface area contributed by atoms with Gasteiger partial charge >= 0.3 is 6.18 Å². The first-order chi connectivity index (χ1) is 14.9. The first-order valence-electron chi connectivity index (χ1n) is 10.5. The second-order valence-corrected chi connectivity index (χ2v) is 10.0. The lowest BCUT2D eigenvalue weighted by molar-refractivity contribution is -0.137. The summed E-state index contributed by atoms with van der Waals surface area (Å²) in [6, 6.07) is 2.88. The monoisotopic (exact) mass is 470 g/mol. The Morgan fingerprint density at radius 1 is 1.22 bits per heavy atom. The van der Waals surface area contributed by atoms with E-state index in [4.69, 9.17) is 9.47 Å². The van der Waals surface area contributed by atoms with E-state index in [-0.39, 0.29) is 29.9 Å². The Morgan fingerprint density at radius 2 is 1.91 bits per heavy atom. The van der Waals surface area contributed by atoms with Crippen LogP contribution in [0.15, 0.2) is 23.2 Å². The normalized spacial score (nSPS) is 15.3. The second-order valence-electron chi connectivity index (χ2n) is 9.07. The van der Waals surface area contributed by atoms with Crippen LogP contribution in [0.25, 0.3) is 0 Å². The molecule has 9 heteroatoms. The van der Waals surface area contributed by atoms with Crippen LogP contribution in [-0.2, 0) is 22.9 Å². The largest absolute Gasteiger partial charge is 0.490 e. The van der Waals surface area contributed by atoms with Crippen molar-refractivity contribution in [3.63, 3.8) is 0 Å². The highest BCUT2D eigenvalue weighted by Crippen LogP contribution is 2.35. The van der Waals surface area contributed by atoms with Crippen molar-refractivity contribution in [2.24, 2.45) is 10.9 Å². The number of amides is 1. The number of halogens is 3. The van der Waals surface area contributed by atoms with Crippen LogP contribution in [0, 0.1) is 12.8 Å². The highest BCUT2D eigenvalue weighted by molar-refractivity contribution is 7.09. The summed E-state index contributed by atoms with van der Waals surface area (Å²) in [6.07, 6.45) is -2.32. The Kier molecular flexibility index (Phi) is 7.19. The number of carbonyl (C=O) groups excluding carboxylic acids is 1. The number of aromatic nitrogens is 1. The third-order valence-corrected chi connectivity index (χ3v) is 6.86. The maximum absolute atomic E-state index is 13.3. The molecule has 0 aliphatic heterocycles. The summed E-state index contributed by atoms with van der Waals surface area (Å²) >= 11 is 1.42. The van der Waals surface area contributed by atoms with Crippen molar-refractivity contribution >= 4 is 17.2 Å². The Balaban J connectivity index is 2.08. The van der Waals surface area contributed by atoms with Gasteiger partial charge in [-0.15, -0.1) is 11.3 Å². The number of methoxy groups -OCH3 is 1. The van der Waals surface area contributed by atoms with Crippen LogP contribution in [0.1, 0.15) is 60.1 Å². The molecule has 1 aliphatic rings. The summed E-state index contributed by atoms with van der Waals surface area (Å²) in [4.78, 5) is 19.0. The van der Waals surface area contributed by atoms with E-state index < -0.39 is 17.6 Å². The molecule has 2 aromatic rings. The number of hydrogen-bond donors (Lipinski definition) is 0. The van der Waals surface area contributed by atoms with Crippen LogP contribution in [-0.4, -0.2) is 30.8 Å². The van der Waals surface area contributed by atoms with E-state index in [1.807, 2.05) is 11.5 Å². The topological polar surface area (TPSA) is 52.8 Å². The SMILES string of the molecule is COCCOc1ccc(C(F)(F)F)cc1C(=O)/N=c1\sc(C(C)(C)C)c(C)n1CC1CC1. The standard InChI is InChI=1S/C23H29F3N2O3S/c1-14-19(22(2,3)4)32-21(28(14)13-15-6-7-15)27-20(29)17-12-16(23(24,25)26)8-9-18(17)31-11-10-30-5/h8-9,12,15H,6-7,10-11,13H2,1-5H3/b27-21-. The number of nitrogens with zero attached hydrogens (tertiary/aromatic N) is 2. The van der Waals surface area contributed by atoms with Gasteiger partial charge in [-0.1, -0.05) is 20.8 Å². The van der Waals surface area contributed by atoms with E-state index in [0.29, 0.717) is 10.7 Å². The molecule has 0 atom stereocenters. The van der Waals surface area contributed by atoms with Crippen LogP contribution in [0.5, 0.6) is 5.75 Å². The Hall–Kier alpha value is -2.13. The molecule has 0 radical (unpaired) electrons. The molecule has 5 nitrogen and oxygen atoms in total. The lowest BCUT2D eigenvalue weighted by atomic mass is 9.93. The minimum atomic E-state index is -4.58. The summed E-state index contributed by atoms with van der Waals surface area (Å²) in [6.45, 7) is 9.38. The molecule has 0 N–H and O–H groups in total. The summed E-state index contributed by atoms with van der Waals surface area (Å²) in [5.74, 6) is -0.150. The van der Waals surface area contributed by atoms with Crippen LogP contribution < -0.4 is 9.54 Å². The molecule has 176 valence electrons. The quantitative estimate of drug-likeness (QED) is 0.513. The molecular weight excluding hydrogens is 441 g/mol. The van der Waals surface area contributed by atoms with Crippen molar-refractivity contribution in [2.75, 3.05) is 20.3 Å². The Bertz CT molecular complexity index is 1040. The zero-order valence-electron chi connectivity index (χ0n) is 19.0. The van der Waals surface area contributed by atoms with Gasteiger partial charge in [0, 0.05) is 24.2 Å². The van der Waals surface area contributed by atoms with Gasteiger partial charge in [-0.05, 0) is 49.3 Å². The number of hydrogen-bond acceptors (Lipinski definition) is 4. The minimum Gasteiger partial charge on any atom is -0.490 e. The molecule has 0 bridgehead atoms. The third kappa shape index (κ3) is 5.81. The number of rotatable bonds is 7. The molecule has 1 heterocycles. The van der Waals surface area contributed by atoms with Crippen LogP contribution in [0.2, 0.25) is 0 Å². The Morgan fingerprint density at radius 3 is 2.47 bits per heavy atom. The molecule has 0 unspecified atom stereocenters. The summed E-state index contributed by atoms with van der Waals surface area (Å²) in [5, 5.41) is 0. The third-order valence-electron chi connectivity index (χ3n) is 5.26. The predicted octanol–water partition coefficient (Wildman–Crippen LogP) is 5.35. The molecule has 1 fully saturated rings. The van der Waals surface area contributed by atoms with Gasteiger partial charge in [0.1, 0.15) is 12.4 Å². The first-order valence-corrected chi connectivity index (χ1v) is 11.4. The van der Waals surface area contributed by atoms with E-state index >= 15 is 0 Å². The zero-order chi connectivity index (χ0) is 23.7. The fourth-order valence-electron chi connectivity index (χ4n) is 3.42. The molecule has 1 aliphatic carbocycles. The summed E-state index contributed by atoms with van der Waals surface area (Å²) in [7, 11) is 1.49. The van der Waals surface area contributed by atoms with E-state index in [0.717, 1.165) is 42.1 Å². The number of alkyl halides is 3. The fraction of sp³-hybridized carbons (Fsp3) is 0.565. The number of benzene rings is 1. The predicted molar refractivity (Wildman–Crippen MR) is 117 cm³/mol. The van der Waals surface area contributed by atoms with Gasteiger partial charge in [-0.25, -0.2) is 0 Å². The van der Waals surface area contributed by atoms with E-state index in [2.05, 4.69) is 25.8 Å². The van der Waals surface area contributed by atoms with Gasteiger partial charge in [-0.3, -0.25) is 4.79 Å². The van der Waals surface area contributed by atoms with E-state index in [1.54, 1.807) is 0 Å². The molecule has 32 heavy (non-hydrogen) atoms. The Labute approximate surface area is 189 Å². The van der Waals surface area contributed by atoms with Crippen LogP contribution >= 0.6 is 11.3 Å². The van der Waals surface area contributed by atoms with Crippen molar-refractivity contribution < 1.29 is 27.4 Å². The lowest BCUT2D eigenvalue weighted by Crippen LogP contribution is -2.20. The zero-order valence-corrected chi connectivity index (χ0v) is 19.8. The summed E-state index contributed by atoms with van der Waals surface area (Å²) in [5.41, 5.74) is -0.223. The lowest BCUT2D eigenvalue weighted by Gasteiger charge is -2.17. The van der Waals surface area contributed by atoms with Gasteiger partial charge in [0.25, 0.3) is 5.91 Å². The fourth-order valence-corrected chi connectivity index (χ4v) is 4.62. The van der Waals surface area contributed by atoms with Gasteiger partial charge in [0.15, 0.2) is 4.80 Å². The maximum atomic E-state index is 13.3. The van der Waals surface area contributed by atoms with Crippen molar-refractivity contribution in [1.29, 1.82) is 0 Å². The van der Waals surface area contributed by atoms with Gasteiger partial charge in [0.05, 0.1) is 17.7 Å². The molecule has 1 saturated carbocycles. The molecule has 1 aromatic carbocycles. The second kappa shape index (κ2) is 9.39. The van der Waals surface area contributed by atoms with Crippen LogP contribution in [0.4, 0.5) is 13.2 Å². The average molecular weight is 471 g/mol. The number of ether oxygens (including phenoxy) is 2. The van der Waals surface area contributed by atoms with Crippen molar-refractivity contribution in [3.8, 4) is 5.75 Å². The highest BCUT2D eigenvalue weighted by Gasteiger charge is 2.32. The van der Waals surface area contributed by atoms with Crippen LogP contribution in [0.3, 0.4) is 0 Å². The van der Waals surface area contributed by atoms with Gasteiger partial charge in [-0.2, -0.15) is 18.2 Å².